The molecule has 2 aromatic carbocycles. The average Bonchev–Trinajstić information content (AvgIpc) is 2.77. The highest BCUT2D eigenvalue weighted by molar-refractivity contribution is 5.76. The molecule has 0 aromatic heterocycles. The van der Waals surface area contributed by atoms with E-state index in [0.717, 1.165) is 25.0 Å². The van der Waals surface area contributed by atoms with Gasteiger partial charge in [0, 0.05) is 13.0 Å². The highest BCUT2D eigenvalue weighted by Gasteiger charge is 2.31. The fraction of sp³-hybridized carbons (Fsp3) is 0.346. The average molecular weight is 372 g/mol. The maximum absolute atomic E-state index is 8.99. The van der Waals surface area contributed by atoms with Crippen LogP contribution in [0.4, 0.5) is 0 Å². The second kappa shape index (κ2) is 10.1. The predicted molar refractivity (Wildman–Crippen MR) is 116 cm³/mol. The number of hydrogen-bond donors (Lipinski definition) is 0. The molecule has 28 heavy (non-hydrogen) atoms. The van der Waals surface area contributed by atoms with E-state index in [9.17, 15) is 0 Å². The normalized spacial score (nSPS) is 18.5. The van der Waals surface area contributed by atoms with Crippen LogP contribution in [0.5, 0.6) is 0 Å². The molecule has 3 rings (SSSR count). The zero-order valence-electron chi connectivity index (χ0n) is 16.7. The number of benzene rings is 2. The van der Waals surface area contributed by atoms with Crippen molar-refractivity contribution in [1.82, 2.24) is 0 Å². The zero-order valence-corrected chi connectivity index (χ0v) is 16.7. The van der Waals surface area contributed by atoms with Crippen LogP contribution in [0.1, 0.15) is 62.1 Å². The number of nitrogens with zero attached hydrogens (tertiary/aromatic N) is 1. The van der Waals surface area contributed by atoms with Gasteiger partial charge < -0.3 is 4.74 Å². The van der Waals surface area contributed by atoms with E-state index in [4.69, 9.17) is 10.00 Å². The SMILES string of the molecule is CCCCCCCOC1(c2ccccc2)C=CC(c2ccc(C#N)cc2)=CC1. The molecule has 0 fully saturated rings. The first-order valence-corrected chi connectivity index (χ1v) is 10.4. The molecule has 2 heteroatoms. The lowest BCUT2D eigenvalue weighted by molar-refractivity contribution is -0.0129. The van der Waals surface area contributed by atoms with Gasteiger partial charge in [0.2, 0.25) is 0 Å². The molecular formula is C26H29NO. The highest BCUT2D eigenvalue weighted by Crippen LogP contribution is 2.37. The van der Waals surface area contributed by atoms with Crippen LogP contribution in [0.25, 0.3) is 5.57 Å². The minimum Gasteiger partial charge on any atom is -0.366 e. The van der Waals surface area contributed by atoms with Crippen molar-refractivity contribution in [2.75, 3.05) is 6.61 Å². The number of rotatable bonds is 9. The molecule has 144 valence electrons. The van der Waals surface area contributed by atoms with Gasteiger partial charge >= 0.3 is 0 Å². The quantitative estimate of drug-likeness (QED) is 0.455. The van der Waals surface area contributed by atoms with Crippen LogP contribution in [-0.4, -0.2) is 6.61 Å². The lowest BCUT2D eigenvalue weighted by Crippen LogP contribution is -2.29. The van der Waals surface area contributed by atoms with E-state index in [1.165, 1.54) is 36.8 Å². The summed E-state index contributed by atoms with van der Waals surface area (Å²) in [6.07, 6.45) is 13.6. The molecule has 0 radical (unpaired) electrons. The van der Waals surface area contributed by atoms with E-state index in [0.29, 0.717) is 5.56 Å². The molecule has 0 amide bonds. The number of hydrogen-bond acceptors (Lipinski definition) is 2. The number of allylic oxidation sites excluding steroid dienone is 2. The predicted octanol–water partition coefficient (Wildman–Crippen LogP) is 6.78. The molecule has 2 nitrogen and oxygen atoms in total. The minimum atomic E-state index is -0.387. The Morgan fingerprint density at radius 1 is 0.964 bits per heavy atom. The molecule has 0 spiro atoms. The van der Waals surface area contributed by atoms with Crippen LogP contribution in [0, 0.1) is 11.3 Å². The summed E-state index contributed by atoms with van der Waals surface area (Å²) in [5, 5.41) is 8.99. The van der Waals surface area contributed by atoms with Crippen molar-refractivity contribution in [3.05, 3.63) is 89.5 Å². The minimum absolute atomic E-state index is 0.387. The summed E-state index contributed by atoms with van der Waals surface area (Å²) in [7, 11) is 0. The maximum atomic E-state index is 8.99. The second-order valence-electron chi connectivity index (χ2n) is 7.40. The van der Waals surface area contributed by atoms with Crippen molar-refractivity contribution in [3.63, 3.8) is 0 Å². The second-order valence-corrected chi connectivity index (χ2v) is 7.40. The van der Waals surface area contributed by atoms with E-state index < -0.39 is 0 Å². The fourth-order valence-corrected chi connectivity index (χ4v) is 3.66. The van der Waals surface area contributed by atoms with Crippen molar-refractivity contribution in [3.8, 4) is 6.07 Å². The molecule has 0 saturated carbocycles. The number of unbranched alkanes of at least 4 members (excludes halogenated alkanes) is 4. The van der Waals surface area contributed by atoms with Crippen LogP contribution in [0.3, 0.4) is 0 Å². The summed E-state index contributed by atoms with van der Waals surface area (Å²) in [5.41, 5.74) is 3.82. The van der Waals surface area contributed by atoms with Gasteiger partial charge in [0.25, 0.3) is 0 Å². The van der Waals surface area contributed by atoms with Crippen molar-refractivity contribution in [2.45, 2.75) is 51.0 Å². The Morgan fingerprint density at radius 2 is 1.71 bits per heavy atom. The number of ether oxygens (including phenoxy) is 1. The van der Waals surface area contributed by atoms with Crippen LogP contribution < -0.4 is 0 Å². The monoisotopic (exact) mass is 371 g/mol. The topological polar surface area (TPSA) is 33.0 Å². The van der Waals surface area contributed by atoms with Crippen LogP contribution in [0.15, 0.2) is 72.8 Å². The molecule has 0 saturated heterocycles. The number of nitriles is 1. The molecular weight excluding hydrogens is 342 g/mol. The van der Waals surface area contributed by atoms with Gasteiger partial charge in [-0.25, -0.2) is 0 Å². The molecule has 1 atom stereocenters. The largest absolute Gasteiger partial charge is 0.366 e. The Hall–Kier alpha value is -2.63. The first-order valence-electron chi connectivity index (χ1n) is 10.4. The molecule has 0 N–H and O–H groups in total. The molecule has 0 aliphatic heterocycles. The first kappa shape index (κ1) is 20.1. The lowest BCUT2D eigenvalue weighted by atomic mass is 9.84. The first-order chi connectivity index (χ1) is 13.8. The summed E-state index contributed by atoms with van der Waals surface area (Å²) in [6.45, 7) is 3.02. The third-order valence-electron chi connectivity index (χ3n) is 5.37. The summed E-state index contributed by atoms with van der Waals surface area (Å²) in [6, 6.07) is 20.5. The molecule has 1 aliphatic rings. The van der Waals surface area contributed by atoms with Gasteiger partial charge in [-0.2, -0.15) is 5.26 Å². The van der Waals surface area contributed by atoms with Gasteiger partial charge in [-0.15, -0.1) is 0 Å². The van der Waals surface area contributed by atoms with Crippen LogP contribution in [-0.2, 0) is 10.3 Å². The van der Waals surface area contributed by atoms with E-state index >= 15 is 0 Å². The Balaban J connectivity index is 1.72. The molecule has 0 bridgehead atoms. The van der Waals surface area contributed by atoms with Crippen molar-refractivity contribution in [1.29, 1.82) is 5.26 Å². The summed E-state index contributed by atoms with van der Waals surface area (Å²) >= 11 is 0. The Bertz CT molecular complexity index is 842. The lowest BCUT2D eigenvalue weighted by Gasteiger charge is -2.33. The fourth-order valence-electron chi connectivity index (χ4n) is 3.66. The Labute approximate surface area is 169 Å². The summed E-state index contributed by atoms with van der Waals surface area (Å²) in [5.74, 6) is 0. The summed E-state index contributed by atoms with van der Waals surface area (Å²) in [4.78, 5) is 0. The van der Waals surface area contributed by atoms with Gasteiger partial charge in [-0.3, -0.25) is 0 Å². The van der Waals surface area contributed by atoms with E-state index in [2.05, 4.69) is 55.5 Å². The molecule has 2 aromatic rings. The Morgan fingerprint density at radius 3 is 2.36 bits per heavy atom. The highest BCUT2D eigenvalue weighted by atomic mass is 16.5. The maximum Gasteiger partial charge on any atom is 0.115 e. The van der Waals surface area contributed by atoms with Gasteiger partial charge in [-0.1, -0.05) is 87.2 Å². The zero-order chi connectivity index (χ0) is 19.7. The van der Waals surface area contributed by atoms with E-state index in [1.54, 1.807) is 0 Å². The standard InChI is InChI=1S/C26H29NO/c1-2-3-4-5-9-20-28-26(25-10-7-6-8-11-25)18-16-24(17-19-26)23-14-12-22(21-27)13-15-23/h6-8,10-18H,2-5,9,19-20H2,1H3. The van der Waals surface area contributed by atoms with Gasteiger partial charge in [0.05, 0.1) is 11.6 Å². The third-order valence-corrected chi connectivity index (χ3v) is 5.37. The van der Waals surface area contributed by atoms with E-state index in [1.807, 2.05) is 30.3 Å². The smallest absolute Gasteiger partial charge is 0.115 e. The van der Waals surface area contributed by atoms with Crippen molar-refractivity contribution < 1.29 is 4.74 Å². The van der Waals surface area contributed by atoms with Gasteiger partial charge in [0.15, 0.2) is 0 Å². The third kappa shape index (κ3) is 5.00. The van der Waals surface area contributed by atoms with Crippen molar-refractivity contribution in [2.24, 2.45) is 0 Å². The van der Waals surface area contributed by atoms with Crippen LogP contribution >= 0.6 is 0 Å². The molecule has 0 heterocycles. The molecule has 1 unspecified atom stereocenters. The molecule has 1 aliphatic carbocycles. The van der Waals surface area contributed by atoms with Gasteiger partial charge in [-0.05, 0) is 41.3 Å². The van der Waals surface area contributed by atoms with Gasteiger partial charge in [0.1, 0.15) is 5.60 Å². The van der Waals surface area contributed by atoms with E-state index in [-0.39, 0.29) is 5.60 Å². The summed E-state index contributed by atoms with van der Waals surface area (Å²) < 4.78 is 6.48. The van der Waals surface area contributed by atoms with Crippen molar-refractivity contribution >= 4 is 5.57 Å². The van der Waals surface area contributed by atoms with Crippen LogP contribution in [0.2, 0.25) is 0 Å². The Kier molecular flexibility index (Phi) is 7.23.